The van der Waals surface area contributed by atoms with Crippen molar-refractivity contribution in [3.05, 3.63) is 22.8 Å². The van der Waals surface area contributed by atoms with Crippen molar-refractivity contribution in [1.82, 2.24) is 4.98 Å². The van der Waals surface area contributed by atoms with Crippen LogP contribution < -0.4 is 5.73 Å². The minimum absolute atomic E-state index is 0.0639. The smallest absolute Gasteiger partial charge is 0.140 e. The van der Waals surface area contributed by atoms with Gasteiger partial charge in [-0.05, 0) is 26.8 Å². The normalized spacial score (nSPS) is 10.6. The monoisotopic (exact) mass is 208 g/mol. The summed E-state index contributed by atoms with van der Waals surface area (Å²) in [5.74, 6) is 6.40. The van der Waals surface area contributed by atoms with Crippen LogP contribution in [0.2, 0.25) is 5.02 Å². The number of rotatable bonds is 0. The average molecular weight is 209 g/mol. The average Bonchev–Trinajstić information content (AvgIpc) is 2.01. The van der Waals surface area contributed by atoms with E-state index in [4.69, 9.17) is 17.3 Å². The van der Waals surface area contributed by atoms with Gasteiger partial charge in [0.15, 0.2) is 0 Å². The second-order valence-electron chi connectivity index (χ2n) is 4.05. The van der Waals surface area contributed by atoms with Crippen LogP contribution in [0.3, 0.4) is 0 Å². The van der Waals surface area contributed by atoms with Crippen LogP contribution in [0, 0.1) is 17.3 Å². The molecule has 0 aliphatic heterocycles. The molecule has 0 bridgehead atoms. The highest BCUT2D eigenvalue weighted by Crippen LogP contribution is 2.19. The van der Waals surface area contributed by atoms with E-state index in [1.165, 1.54) is 0 Å². The molecule has 0 radical (unpaired) electrons. The lowest BCUT2D eigenvalue weighted by atomic mass is 9.97. The zero-order chi connectivity index (χ0) is 10.8. The van der Waals surface area contributed by atoms with Crippen molar-refractivity contribution in [3.8, 4) is 11.8 Å². The van der Waals surface area contributed by atoms with Gasteiger partial charge in [0.2, 0.25) is 0 Å². The summed E-state index contributed by atoms with van der Waals surface area (Å²) in [5, 5.41) is 0.550. The third-order valence-electron chi connectivity index (χ3n) is 1.49. The first-order chi connectivity index (χ1) is 6.40. The van der Waals surface area contributed by atoms with Gasteiger partial charge in [-0.3, -0.25) is 0 Å². The Balaban J connectivity index is 3.13. The van der Waals surface area contributed by atoms with Crippen molar-refractivity contribution in [2.45, 2.75) is 20.8 Å². The standard InChI is InChI=1S/C11H13ClN2/c1-11(2,3)6-4-8-9(12)5-7-14-10(8)13/h5,7H,1-3H3,(H2,13,14). The fraction of sp³-hybridized carbons (Fsp3) is 0.364. The van der Waals surface area contributed by atoms with Gasteiger partial charge in [-0.25, -0.2) is 4.98 Å². The summed E-state index contributed by atoms with van der Waals surface area (Å²) < 4.78 is 0. The molecule has 0 atom stereocenters. The van der Waals surface area contributed by atoms with Crippen molar-refractivity contribution < 1.29 is 0 Å². The first-order valence-corrected chi connectivity index (χ1v) is 4.71. The molecular formula is C11H13ClN2. The highest BCUT2D eigenvalue weighted by molar-refractivity contribution is 6.32. The number of nitrogens with two attached hydrogens (primary N) is 1. The fourth-order valence-electron chi connectivity index (χ4n) is 0.827. The maximum absolute atomic E-state index is 5.94. The molecule has 14 heavy (non-hydrogen) atoms. The zero-order valence-electron chi connectivity index (χ0n) is 8.56. The molecule has 0 spiro atoms. The highest BCUT2D eigenvalue weighted by Gasteiger charge is 2.06. The molecule has 2 N–H and O–H groups in total. The van der Waals surface area contributed by atoms with Crippen LogP contribution in [0.1, 0.15) is 26.3 Å². The number of nitrogen functional groups attached to an aromatic ring is 1. The van der Waals surface area contributed by atoms with Crippen molar-refractivity contribution in [1.29, 1.82) is 0 Å². The van der Waals surface area contributed by atoms with Crippen molar-refractivity contribution in [2.24, 2.45) is 5.41 Å². The summed E-state index contributed by atoms with van der Waals surface area (Å²) in [7, 11) is 0. The Hall–Kier alpha value is -1.20. The number of aromatic nitrogens is 1. The topological polar surface area (TPSA) is 38.9 Å². The number of hydrogen-bond donors (Lipinski definition) is 1. The molecular weight excluding hydrogens is 196 g/mol. The quantitative estimate of drug-likeness (QED) is 0.666. The lowest BCUT2D eigenvalue weighted by Crippen LogP contribution is -2.00. The van der Waals surface area contributed by atoms with Gasteiger partial charge in [0.1, 0.15) is 5.82 Å². The molecule has 0 fully saturated rings. The summed E-state index contributed by atoms with van der Waals surface area (Å²) in [6, 6.07) is 1.69. The SMILES string of the molecule is CC(C)(C)C#Cc1c(Cl)ccnc1N. The zero-order valence-corrected chi connectivity index (χ0v) is 9.31. The molecule has 0 amide bonds. The van der Waals surface area contributed by atoms with Crippen molar-refractivity contribution in [2.75, 3.05) is 5.73 Å². The number of nitrogens with zero attached hydrogens (tertiary/aromatic N) is 1. The Labute approximate surface area is 89.5 Å². The van der Waals surface area contributed by atoms with Gasteiger partial charge in [0.25, 0.3) is 0 Å². The van der Waals surface area contributed by atoms with Gasteiger partial charge < -0.3 is 5.73 Å². The van der Waals surface area contributed by atoms with Crippen LogP contribution in [0.5, 0.6) is 0 Å². The van der Waals surface area contributed by atoms with Crippen molar-refractivity contribution >= 4 is 17.4 Å². The Morgan fingerprint density at radius 2 is 2.07 bits per heavy atom. The Morgan fingerprint density at radius 3 is 2.57 bits per heavy atom. The Bertz CT molecular complexity index is 374. The van der Waals surface area contributed by atoms with E-state index < -0.39 is 0 Å². The molecule has 1 aromatic heterocycles. The summed E-state index contributed by atoms with van der Waals surface area (Å²) >= 11 is 5.94. The number of halogens is 1. The summed E-state index contributed by atoms with van der Waals surface area (Å²) in [6.45, 7) is 6.08. The first kappa shape index (κ1) is 10.9. The molecule has 2 nitrogen and oxygen atoms in total. The molecule has 0 saturated heterocycles. The minimum Gasteiger partial charge on any atom is -0.383 e. The number of hydrogen-bond acceptors (Lipinski definition) is 2. The predicted molar refractivity (Wildman–Crippen MR) is 60.0 cm³/mol. The van der Waals surface area contributed by atoms with Crippen LogP contribution in [0.15, 0.2) is 12.3 Å². The summed E-state index contributed by atoms with van der Waals surface area (Å²) in [5.41, 5.74) is 6.20. The molecule has 1 rings (SSSR count). The van der Waals surface area contributed by atoms with Gasteiger partial charge in [-0.1, -0.05) is 23.4 Å². The van der Waals surface area contributed by atoms with E-state index in [1.54, 1.807) is 12.3 Å². The third kappa shape index (κ3) is 2.93. The van der Waals surface area contributed by atoms with Gasteiger partial charge >= 0.3 is 0 Å². The Kier molecular flexibility index (Phi) is 3.03. The van der Waals surface area contributed by atoms with Crippen molar-refractivity contribution in [3.63, 3.8) is 0 Å². The minimum atomic E-state index is -0.0639. The maximum atomic E-state index is 5.94. The van der Waals surface area contributed by atoms with E-state index in [0.29, 0.717) is 16.4 Å². The lowest BCUT2D eigenvalue weighted by Gasteiger charge is -2.07. The van der Waals surface area contributed by atoms with E-state index in [0.717, 1.165) is 0 Å². The summed E-state index contributed by atoms with van der Waals surface area (Å²) in [4.78, 5) is 3.93. The van der Waals surface area contributed by atoms with Gasteiger partial charge in [-0.2, -0.15) is 0 Å². The maximum Gasteiger partial charge on any atom is 0.140 e. The molecule has 1 heterocycles. The highest BCUT2D eigenvalue weighted by atomic mass is 35.5. The second-order valence-corrected chi connectivity index (χ2v) is 4.46. The molecule has 0 saturated carbocycles. The van der Waals surface area contributed by atoms with E-state index in [1.807, 2.05) is 20.8 Å². The summed E-state index contributed by atoms with van der Waals surface area (Å²) in [6.07, 6.45) is 1.57. The van der Waals surface area contributed by atoms with Crippen LogP contribution >= 0.6 is 11.6 Å². The largest absolute Gasteiger partial charge is 0.383 e. The number of pyridine rings is 1. The Morgan fingerprint density at radius 1 is 1.43 bits per heavy atom. The number of anilines is 1. The molecule has 74 valence electrons. The van der Waals surface area contributed by atoms with E-state index in [-0.39, 0.29) is 5.41 Å². The van der Waals surface area contributed by atoms with Gasteiger partial charge in [-0.15, -0.1) is 0 Å². The van der Waals surface area contributed by atoms with E-state index >= 15 is 0 Å². The molecule has 3 heteroatoms. The lowest BCUT2D eigenvalue weighted by molar-refractivity contribution is 0.571. The molecule has 0 aromatic carbocycles. The first-order valence-electron chi connectivity index (χ1n) is 4.33. The van der Waals surface area contributed by atoms with Gasteiger partial charge in [0.05, 0.1) is 10.6 Å². The van der Waals surface area contributed by atoms with Crippen LogP contribution in [-0.2, 0) is 0 Å². The molecule has 0 aliphatic rings. The second kappa shape index (κ2) is 3.89. The predicted octanol–water partition coefficient (Wildman–Crippen LogP) is 2.71. The van der Waals surface area contributed by atoms with E-state index in [9.17, 15) is 0 Å². The third-order valence-corrected chi connectivity index (χ3v) is 1.81. The van der Waals surface area contributed by atoms with E-state index in [2.05, 4.69) is 16.8 Å². The van der Waals surface area contributed by atoms with Crippen LogP contribution in [-0.4, -0.2) is 4.98 Å². The van der Waals surface area contributed by atoms with Crippen LogP contribution in [0.4, 0.5) is 5.82 Å². The molecule has 0 unspecified atom stereocenters. The fourth-order valence-corrected chi connectivity index (χ4v) is 1.03. The van der Waals surface area contributed by atoms with Gasteiger partial charge in [0, 0.05) is 11.6 Å². The molecule has 1 aromatic rings. The van der Waals surface area contributed by atoms with Crippen LogP contribution in [0.25, 0.3) is 0 Å². The molecule has 0 aliphatic carbocycles.